The van der Waals surface area contributed by atoms with Gasteiger partial charge in [0.05, 0.1) is 18.7 Å². The standard InChI is InChI=1S/C15H21ClN2O2/c1-20-15(19)11-7-8-12-13(16)17-14(18(12)9-11)10-5-3-2-4-6-10/h10-11H,2-9H2,1H3. The monoisotopic (exact) mass is 296 g/mol. The van der Waals surface area contributed by atoms with Crippen molar-refractivity contribution in [3.8, 4) is 0 Å². The summed E-state index contributed by atoms with van der Waals surface area (Å²) in [6.07, 6.45) is 7.87. The van der Waals surface area contributed by atoms with E-state index in [9.17, 15) is 4.79 Å². The summed E-state index contributed by atoms with van der Waals surface area (Å²) in [5, 5.41) is 0.633. The predicted molar refractivity (Wildman–Crippen MR) is 76.9 cm³/mol. The first-order chi connectivity index (χ1) is 9.70. The first-order valence-corrected chi connectivity index (χ1v) is 7.91. The van der Waals surface area contributed by atoms with Gasteiger partial charge in [0.2, 0.25) is 0 Å². The molecule has 0 radical (unpaired) electrons. The molecule has 1 saturated carbocycles. The summed E-state index contributed by atoms with van der Waals surface area (Å²) in [5.74, 6) is 1.43. The van der Waals surface area contributed by atoms with Crippen LogP contribution >= 0.6 is 11.6 Å². The maximum absolute atomic E-state index is 11.8. The molecule has 1 fully saturated rings. The number of esters is 1. The average molecular weight is 297 g/mol. The Labute approximate surface area is 124 Å². The predicted octanol–water partition coefficient (Wildman–Crippen LogP) is 3.32. The number of ether oxygens (including phenoxy) is 1. The Morgan fingerprint density at radius 3 is 2.75 bits per heavy atom. The highest BCUT2D eigenvalue weighted by Gasteiger charge is 2.31. The quantitative estimate of drug-likeness (QED) is 0.786. The third-order valence-electron chi connectivity index (χ3n) is 4.69. The van der Waals surface area contributed by atoms with E-state index in [1.165, 1.54) is 39.2 Å². The van der Waals surface area contributed by atoms with Gasteiger partial charge >= 0.3 is 5.97 Å². The van der Waals surface area contributed by atoms with Crippen molar-refractivity contribution >= 4 is 17.6 Å². The molecule has 1 aliphatic heterocycles. The second-order valence-corrected chi connectivity index (χ2v) is 6.27. The third-order valence-corrected chi connectivity index (χ3v) is 4.99. The summed E-state index contributed by atoms with van der Waals surface area (Å²) >= 11 is 6.30. The highest BCUT2D eigenvalue weighted by molar-refractivity contribution is 6.30. The molecule has 1 aromatic heterocycles. The zero-order valence-electron chi connectivity index (χ0n) is 11.9. The summed E-state index contributed by atoms with van der Waals surface area (Å²) in [4.78, 5) is 16.4. The number of hydrogen-bond donors (Lipinski definition) is 0. The number of halogens is 1. The molecule has 0 bridgehead atoms. The summed E-state index contributed by atoms with van der Waals surface area (Å²) in [5.41, 5.74) is 1.10. The second kappa shape index (κ2) is 5.76. The third kappa shape index (κ3) is 2.46. The fourth-order valence-corrected chi connectivity index (χ4v) is 3.85. The van der Waals surface area contributed by atoms with Gasteiger partial charge in [0.25, 0.3) is 0 Å². The van der Waals surface area contributed by atoms with Gasteiger partial charge < -0.3 is 9.30 Å². The van der Waals surface area contributed by atoms with E-state index in [4.69, 9.17) is 16.3 Å². The van der Waals surface area contributed by atoms with Crippen molar-refractivity contribution in [2.45, 2.75) is 57.4 Å². The van der Waals surface area contributed by atoms with Crippen LogP contribution in [-0.4, -0.2) is 22.6 Å². The normalized spacial score (nSPS) is 23.4. The zero-order valence-corrected chi connectivity index (χ0v) is 12.7. The van der Waals surface area contributed by atoms with Crippen LogP contribution in [0.15, 0.2) is 0 Å². The van der Waals surface area contributed by atoms with Gasteiger partial charge in [-0.2, -0.15) is 0 Å². The van der Waals surface area contributed by atoms with Crippen LogP contribution in [0.1, 0.15) is 56.0 Å². The lowest BCUT2D eigenvalue weighted by Crippen LogP contribution is -2.29. The minimum absolute atomic E-state index is 0.0555. The molecule has 0 N–H and O–H groups in total. The molecule has 20 heavy (non-hydrogen) atoms. The van der Waals surface area contributed by atoms with Gasteiger partial charge in [0.15, 0.2) is 5.15 Å². The molecule has 3 rings (SSSR count). The first kappa shape index (κ1) is 13.9. The van der Waals surface area contributed by atoms with Gasteiger partial charge in [-0.3, -0.25) is 4.79 Å². The molecule has 110 valence electrons. The number of imidazole rings is 1. The molecular weight excluding hydrogens is 276 g/mol. The van der Waals surface area contributed by atoms with Crippen molar-refractivity contribution < 1.29 is 9.53 Å². The zero-order chi connectivity index (χ0) is 14.1. The number of carbonyl (C=O) groups excluding carboxylic acids is 1. The second-order valence-electron chi connectivity index (χ2n) is 5.91. The van der Waals surface area contributed by atoms with Gasteiger partial charge in [0, 0.05) is 12.5 Å². The lowest BCUT2D eigenvalue weighted by molar-refractivity contribution is -0.146. The lowest BCUT2D eigenvalue weighted by atomic mass is 9.88. The Kier molecular flexibility index (Phi) is 4.01. The fraction of sp³-hybridized carbons (Fsp3) is 0.733. The summed E-state index contributed by atoms with van der Waals surface area (Å²) in [7, 11) is 1.46. The van der Waals surface area contributed by atoms with E-state index in [0.29, 0.717) is 17.6 Å². The molecule has 1 aromatic rings. The van der Waals surface area contributed by atoms with Crippen LogP contribution in [0.25, 0.3) is 0 Å². The van der Waals surface area contributed by atoms with E-state index < -0.39 is 0 Å². The summed E-state index contributed by atoms with van der Waals surface area (Å²) in [6.45, 7) is 0.674. The molecule has 1 atom stereocenters. The van der Waals surface area contributed by atoms with Gasteiger partial charge in [-0.25, -0.2) is 4.98 Å². The minimum atomic E-state index is -0.116. The molecule has 4 nitrogen and oxygen atoms in total. The molecule has 0 aromatic carbocycles. The minimum Gasteiger partial charge on any atom is -0.469 e. The smallest absolute Gasteiger partial charge is 0.310 e. The maximum Gasteiger partial charge on any atom is 0.310 e. The van der Waals surface area contributed by atoms with Gasteiger partial charge in [-0.05, 0) is 25.7 Å². The van der Waals surface area contributed by atoms with Crippen LogP contribution in [0.4, 0.5) is 0 Å². The number of methoxy groups -OCH3 is 1. The fourth-order valence-electron chi connectivity index (χ4n) is 3.57. The SMILES string of the molecule is COC(=O)C1CCc2c(Cl)nc(C3CCCCC3)n2C1. The molecular formula is C15H21ClN2O2. The van der Waals surface area contributed by atoms with Gasteiger partial charge in [-0.1, -0.05) is 30.9 Å². The first-order valence-electron chi connectivity index (χ1n) is 7.53. The molecule has 5 heteroatoms. The van der Waals surface area contributed by atoms with Crippen molar-refractivity contribution in [3.05, 3.63) is 16.7 Å². The number of nitrogens with zero attached hydrogens (tertiary/aromatic N) is 2. The molecule has 0 amide bonds. The Hall–Kier alpha value is -1.03. The van der Waals surface area contributed by atoms with Gasteiger partial charge in [-0.15, -0.1) is 0 Å². The van der Waals surface area contributed by atoms with Crippen LogP contribution in [-0.2, 0) is 22.5 Å². The van der Waals surface area contributed by atoms with Crippen LogP contribution in [0, 0.1) is 5.92 Å². The topological polar surface area (TPSA) is 44.1 Å². The van der Waals surface area contributed by atoms with Crippen molar-refractivity contribution in [2.24, 2.45) is 5.92 Å². The van der Waals surface area contributed by atoms with Crippen molar-refractivity contribution in [3.63, 3.8) is 0 Å². The van der Waals surface area contributed by atoms with Crippen LogP contribution in [0.5, 0.6) is 0 Å². The molecule has 2 aliphatic rings. The van der Waals surface area contributed by atoms with Crippen molar-refractivity contribution in [1.82, 2.24) is 9.55 Å². The Morgan fingerprint density at radius 1 is 1.30 bits per heavy atom. The highest BCUT2D eigenvalue weighted by atomic mass is 35.5. The van der Waals surface area contributed by atoms with E-state index >= 15 is 0 Å². The van der Waals surface area contributed by atoms with Crippen LogP contribution in [0.3, 0.4) is 0 Å². The molecule has 1 unspecified atom stereocenters. The average Bonchev–Trinajstić information content (AvgIpc) is 2.84. The summed E-state index contributed by atoms with van der Waals surface area (Å²) in [6, 6.07) is 0. The molecule has 0 saturated heterocycles. The van der Waals surface area contributed by atoms with Crippen LogP contribution in [0.2, 0.25) is 5.15 Å². The van der Waals surface area contributed by atoms with E-state index in [1.54, 1.807) is 0 Å². The van der Waals surface area contributed by atoms with E-state index in [2.05, 4.69) is 9.55 Å². The Bertz CT molecular complexity index is 506. The van der Waals surface area contributed by atoms with Gasteiger partial charge in [0.1, 0.15) is 5.82 Å². The molecule has 2 heterocycles. The Morgan fingerprint density at radius 2 is 2.05 bits per heavy atom. The number of fused-ring (bicyclic) bond motifs is 1. The van der Waals surface area contributed by atoms with Crippen LogP contribution < -0.4 is 0 Å². The number of rotatable bonds is 2. The lowest BCUT2D eigenvalue weighted by Gasteiger charge is -2.27. The van der Waals surface area contributed by atoms with E-state index in [1.807, 2.05) is 0 Å². The number of carbonyl (C=O) groups is 1. The number of hydrogen-bond acceptors (Lipinski definition) is 3. The number of aromatic nitrogens is 2. The van der Waals surface area contributed by atoms with Crippen molar-refractivity contribution in [2.75, 3.05) is 7.11 Å². The Balaban J connectivity index is 1.88. The molecule has 0 spiro atoms. The van der Waals surface area contributed by atoms with E-state index in [0.717, 1.165) is 24.4 Å². The highest BCUT2D eigenvalue weighted by Crippen LogP contribution is 2.36. The largest absolute Gasteiger partial charge is 0.469 e. The van der Waals surface area contributed by atoms with E-state index in [-0.39, 0.29) is 11.9 Å². The molecule has 1 aliphatic carbocycles. The summed E-state index contributed by atoms with van der Waals surface area (Å²) < 4.78 is 7.09. The van der Waals surface area contributed by atoms with Crippen molar-refractivity contribution in [1.29, 1.82) is 0 Å². The maximum atomic E-state index is 11.8.